The number of anilines is 3. The molecule has 0 unspecified atom stereocenters. The number of hydrogen-bond donors (Lipinski definition) is 2. The fraction of sp³-hybridized carbons (Fsp3) is 0.188. The van der Waals surface area contributed by atoms with Crippen LogP contribution in [-0.4, -0.2) is 26.5 Å². The van der Waals surface area contributed by atoms with Gasteiger partial charge in [0, 0.05) is 41.2 Å². The Morgan fingerprint density at radius 1 is 1.00 bits per heavy atom. The van der Waals surface area contributed by atoms with Crippen molar-refractivity contribution in [3.63, 3.8) is 0 Å². The molecule has 2 N–H and O–H groups in total. The number of hydrogen-bond acceptors (Lipinski definition) is 3. The molecule has 0 saturated heterocycles. The summed E-state index contributed by atoms with van der Waals surface area (Å²) in [5.41, 5.74) is 2.56. The van der Waals surface area contributed by atoms with E-state index >= 15 is 0 Å². The highest BCUT2D eigenvalue weighted by molar-refractivity contribution is 6.35. The van der Waals surface area contributed by atoms with Crippen molar-refractivity contribution in [2.24, 2.45) is 0 Å². The Bertz CT molecular complexity index is 637. The summed E-state index contributed by atoms with van der Waals surface area (Å²) in [4.78, 5) is 13.9. The minimum absolute atomic E-state index is 0.158. The van der Waals surface area contributed by atoms with Crippen LogP contribution in [0.3, 0.4) is 0 Å². The van der Waals surface area contributed by atoms with Crippen molar-refractivity contribution in [3.8, 4) is 0 Å². The largest absolute Gasteiger partial charge is 0.378 e. The van der Waals surface area contributed by atoms with Gasteiger partial charge in [-0.1, -0.05) is 23.2 Å². The molecule has 0 spiro atoms. The summed E-state index contributed by atoms with van der Waals surface area (Å²) in [5.74, 6) is -0.171. The second-order valence-corrected chi connectivity index (χ2v) is 5.87. The lowest BCUT2D eigenvalue weighted by atomic mass is 10.2. The molecule has 0 aliphatic carbocycles. The fourth-order valence-electron chi connectivity index (χ4n) is 1.89. The van der Waals surface area contributed by atoms with Gasteiger partial charge in [0.2, 0.25) is 5.91 Å². The first-order valence-corrected chi connectivity index (χ1v) is 7.47. The van der Waals surface area contributed by atoms with Gasteiger partial charge in [-0.2, -0.15) is 0 Å². The molecule has 0 aromatic heterocycles. The van der Waals surface area contributed by atoms with Crippen LogP contribution in [0.25, 0.3) is 0 Å². The summed E-state index contributed by atoms with van der Waals surface area (Å²) in [6.45, 7) is 0.158. The third-order valence-corrected chi connectivity index (χ3v) is 3.42. The van der Waals surface area contributed by atoms with E-state index in [1.165, 1.54) is 0 Å². The molecule has 0 saturated carbocycles. The number of halogens is 2. The molecule has 6 heteroatoms. The van der Waals surface area contributed by atoms with Crippen LogP contribution >= 0.6 is 23.2 Å². The number of amides is 1. The smallest absolute Gasteiger partial charge is 0.243 e. The maximum atomic E-state index is 11.9. The van der Waals surface area contributed by atoms with Crippen LogP contribution in [0.15, 0.2) is 42.5 Å². The van der Waals surface area contributed by atoms with Crippen LogP contribution in [0.2, 0.25) is 10.0 Å². The van der Waals surface area contributed by atoms with E-state index in [1.54, 1.807) is 18.2 Å². The molecule has 0 aliphatic heterocycles. The molecule has 0 heterocycles. The minimum Gasteiger partial charge on any atom is -0.378 e. The van der Waals surface area contributed by atoms with Gasteiger partial charge in [-0.15, -0.1) is 0 Å². The highest BCUT2D eigenvalue weighted by atomic mass is 35.5. The lowest BCUT2D eigenvalue weighted by Gasteiger charge is -2.13. The first-order valence-electron chi connectivity index (χ1n) is 6.71. The first kappa shape index (κ1) is 16.5. The Kier molecular flexibility index (Phi) is 5.52. The summed E-state index contributed by atoms with van der Waals surface area (Å²) in [7, 11) is 3.96. The number of carbonyl (C=O) groups is 1. The quantitative estimate of drug-likeness (QED) is 0.862. The number of nitrogens with zero attached hydrogens (tertiary/aromatic N) is 1. The number of nitrogens with one attached hydrogen (secondary N) is 2. The van der Waals surface area contributed by atoms with Gasteiger partial charge < -0.3 is 15.5 Å². The Morgan fingerprint density at radius 2 is 1.59 bits per heavy atom. The maximum absolute atomic E-state index is 11.9. The van der Waals surface area contributed by atoms with E-state index in [2.05, 4.69) is 10.6 Å². The average Bonchev–Trinajstić information content (AvgIpc) is 2.44. The number of rotatable bonds is 5. The van der Waals surface area contributed by atoms with Crippen LogP contribution in [0.1, 0.15) is 0 Å². The summed E-state index contributed by atoms with van der Waals surface area (Å²) < 4.78 is 0. The minimum atomic E-state index is -0.171. The molecule has 0 radical (unpaired) electrons. The van der Waals surface area contributed by atoms with Gasteiger partial charge in [0.25, 0.3) is 0 Å². The molecule has 4 nitrogen and oxygen atoms in total. The average molecular weight is 338 g/mol. The van der Waals surface area contributed by atoms with Crippen molar-refractivity contribution < 1.29 is 4.79 Å². The topological polar surface area (TPSA) is 44.4 Å². The van der Waals surface area contributed by atoms with Gasteiger partial charge in [0.05, 0.1) is 6.54 Å². The second-order valence-electron chi connectivity index (χ2n) is 5.00. The highest BCUT2D eigenvalue weighted by Crippen LogP contribution is 2.22. The van der Waals surface area contributed by atoms with E-state index in [0.29, 0.717) is 15.7 Å². The van der Waals surface area contributed by atoms with Crippen molar-refractivity contribution in [2.45, 2.75) is 0 Å². The van der Waals surface area contributed by atoms with Gasteiger partial charge in [0.15, 0.2) is 0 Å². The molecule has 0 bridgehead atoms. The number of carbonyl (C=O) groups excluding carboxylic acids is 1. The van der Waals surface area contributed by atoms with Crippen LogP contribution in [0.5, 0.6) is 0 Å². The first-order chi connectivity index (χ1) is 10.4. The highest BCUT2D eigenvalue weighted by Gasteiger charge is 2.04. The Morgan fingerprint density at radius 3 is 2.14 bits per heavy atom. The van der Waals surface area contributed by atoms with Crippen LogP contribution < -0.4 is 15.5 Å². The van der Waals surface area contributed by atoms with E-state index < -0.39 is 0 Å². The lowest BCUT2D eigenvalue weighted by molar-refractivity contribution is -0.114. The van der Waals surface area contributed by atoms with E-state index in [-0.39, 0.29) is 12.5 Å². The molecule has 1 amide bonds. The summed E-state index contributed by atoms with van der Waals surface area (Å²) in [6, 6.07) is 12.7. The molecule has 2 rings (SSSR count). The summed E-state index contributed by atoms with van der Waals surface area (Å²) in [5, 5.41) is 6.77. The second kappa shape index (κ2) is 7.38. The predicted molar refractivity (Wildman–Crippen MR) is 94.4 cm³/mol. The SMILES string of the molecule is CN(C)c1ccc(NCC(=O)Nc2cc(Cl)cc(Cl)c2)cc1. The molecular weight excluding hydrogens is 321 g/mol. The van der Waals surface area contributed by atoms with Crippen LogP contribution in [-0.2, 0) is 4.79 Å². The normalized spacial score (nSPS) is 10.2. The van der Waals surface area contributed by atoms with E-state index in [1.807, 2.05) is 43.3 Å². The molecule has 0 fully saturated rings. The molecule has 22 heavy (non-hydrogen) atoms. The molecule has 2 aromatic carbocycles. The van der Waals surface area contributed by atoms with Gasteiger partial charge in [-0.05, 0) is 42.5 Å². The Hall–Kier alpha value is -1.91. The van der Waals surface area contributed by atoms with Crippen molar-refractivity contribution >= 4 is 46.2 Å². The lowest BCUT2D eigenvalue weighted by Crippen LogP contribution is -2.21. The fourth-order valence-corrected chi connectivity index (χ4v) is 2.42. The third kappa shape index (κ3) is 4.83. The van der Waals surface area contributed by atoms with Crippen LogP contribution in [0, 0.1) is 0 Å². The van der Waals surface area contributed by atoms with Crippen molar-refractivity contribution in [1.82, 2.24) is 0 Å². The summed E-state index contributed by atoms with van der Waals surface area (Å²) in [6.07, 6.45) is 0. The van der Waals surface area contributed by atoms with E-state index in [9.17, 15) is 4.79 Å². The Labute approximate surface area is 140 Å². The molecule has 0 aliphatic rings. The van der Waals surface area contributed by atoms with Crippen molar-refractivity contribution in [1.29, 1.82) is 0 Å². The van der Waals surface area contributed by atoms with Crippen molar-refractivity contribution in [3.05, 3.63) is 52.5 Å². The standard InChI is InChI=1S/C16H17Cl2N3O/c1-21(2)15-5-3-13(4-6-15)19-10-16(22)20-14-8-11(17)7-12(18)9-14/h3-9,19H,10H2,1-2H3,(H,20,22). The monoisotopic (exact) mass is 337 g/mol. The molecule has 0 atom stereocenters. The third-order valence-electron chi connectivity index (χ3n) is 2.98. The molecular formula is C16H17Cl2N3O. The van der Waals surface area contributed by atoms with Crippen molar-refractivity contribution in [2.75, 3.05) is 36.2 Å². The maximum Gasteiger partial charge on any atom is 0.243 e. The predicted octanol–water partition coefficient (Wildman–Crippen LogP) is 4.11. The van der Waals surface area contributed by atoms with Gasteiger partial charge in [-0.3, -0.25) is 4.79 Å². The molecule has 2 aromatic rings. The Balaban J connectivity index is 1.89. The zero-order valence-corrected chi connectivity index (χ0v) is 13.9. The number of benzene rings is 2. The van der Waals surface area contributed by atoms with Gasteiger partial charge in [0.1, 0.15) is 0 Å². The summed E-state index contributed by atoms with van der Waals surface area (Å²) >= 11 is 11.8. The van der Waals surface area contributed by atoms with E-state index in [4.69, 9.17) is 23.2 Å². The van der Waals surface area contributed by atoms with Gasteiger partial charge in [-0.25, -0.2) is 0 Å². The van der Waals surface area contributed by atoms with Gasteiger partial charge >= 0.3 is 0 Å². The van der Waals surface area contributed by atoms with Crippen LogP contribution in [0.4, 0.5) is 17.1 Å². The zero-order chi connectivity index (χ0) is 16.1. The zero-order valence-electron chi connectivity index (χ0n) is 12.4. The van der Waals surface area contributed by atoms with E-state index in [0.717, 1.165) is 11.4 Å². The molecule has 116 valence electrons.